The van der Waals surface area contributed by atoms with Crippen molar-refractivity contribution in [3.63, 3.8) is 0 Å². The molecule has 0 fully saturated rings. The lowest BCUT2D eigenvalue weighted by Crippen LogP contribution is -2.10. The first-order valence-corrected chi connectivity index (χ1v) is 48.5. The SMILES string of the molecule is Cc1ccc(-c2ccc(I)cc2)cc1.c1ccc(-c2ccc(N(c3ccccc3)c3ccc(-c4ccc(N(c5ccccc5)c5ccc(-c6ccc(N(c7ccccc7)c7ccc(-c8ccc(N(c9ccccc9)c9ccc(-c%10ccccc%10)cc9)cc8)cc7)cc6)cc5)cc4)cc3)cc2)cc1.c1ccc(Nc2ccc(-c3ccc(N(c4ccccc4)c4ccc(-c5ccccc5)cc4)cc3)cc2)cc1. The molecule has 0 unspecified atom stereocenters. The number of nitrogens with zero attached hydrogens (tertiary/aromatic N) is 5. The fourth-order valence-electron chi connectivity index (χ4n) is 17.9. The third-order valence-electron chi connectivity index (χ3n) is 25.2. The van der Waals surface area contributed by atoms with Gasteiger partial charge < -0.3 is 29.8 Å². The molecule has 22 rings (SSSR count). The second-order valence-electron chi connectivity index (χ2n) is 34.4. The Labute approximate surface area is 836 Å². The predicted molar refractivity (Wildman–Crippen MR) is 603 cm³/mol. The van der Waals surface area contributed by atoms with Gasteiger partial charge in [-0.15, -0.1) is 0 Å². The van der Waals surface area contributed by atoms with Crippen molar-refractivity contribution in [1.29, 1.82) is 0 Å². The molecular formula is C133H101IN6. The Morgan fingerprint density at radius 1 is 0.121 bits per heavy atom. The summed E-state index contributed by atoms with van der Waals surface area (Å²) >= 11 is 2.32. The minimum atomic E-state index is 1.07. The van der Waals surface area contributed by atoms with Crippen molar-refractivity contribution in [3.05, 3.63) is 598 Å². The predicted octanol–water partition coefficient (Wildman–Crippen LogP) is 38.4. The van der Waals surface area contributed by atoms with E-state index in [4.69, 9.17) is 0 Å². The molecule has 0 saturated heterocycles. The summed E-state index contributed by atoms with van der Waals surface area (Å²) in [7, 11) is 0. The second kappa shape index (κ2) is 43.8. The van der Waals surface area contributed by atoms with Crippen LogP contribution in [0.3, 0.4) is 0 Å². The molecule has 0 bridgehead atoms. The van der Waals surface area contributed by atoms with Crippen LogP contribution in [0.25, 0.3) is 89.0 Å². The molecule has 0 aliphatic heterocycles. The zero-order valence-corrected chi connectivity index (χ0v) is 79.8. The van der Waals surface area contributed by atoms with Gasteiger partial charge in [0.25, 0.3) is 0 Å². The van der Waals surface area contributed by atoms with Crippen molar-refractivity contribution in [1.82, 2.24) is 0 Å². The first-order valence-electron chi connectivity index (χ1n) is 47.4. The lowest BCUT2D eigenvalue weighted by atomic mass is 10.0. The van der Waals surface area contributed by atoms with E-state index < -0.39 is 0 Å². The van der Waals surface area contributed by atoms with Gasteiger partial charge in [-0.25, -0.2) is 0 Å². The minimum absolute atomic E-state index is 1.07. The summed E-state index contributed by atoms with van der Waals surface area (Å²) < 4.78 is 1.28. The van der Waals surface area contributed by atoms with E-state index in [1.54, 1.807) is 0 Å². The molecule has 670 valence electrons. The molecule has 0 heterocycles. The molecule has 6 nitrogen and oxygen atoms in total. The van der Waals surface area contributed by atoms with Crippen molar-refractivity contribution < 1.29 is 0 Å². The highest BCUT2D eigenvalue weighted by Gasteiger charge is 2.21. The van der Waals surface area contributed by atoms with Crippen LogP contribution >= 0.6 is 22.6 Å². The number of hydrogen-bond acceptors (Lipinski definition) is 6. The molecule has 0 atom stereocenters. The van der Waals surface area contributed by atoms with Gasteiger partial charge in [0.2, 0.25) is 0 Å². The smallest absolute Gasteiger partial charge is 0.0462 e. The lowest BCUT2D eigenvalue weighted by Gasteiger charge is -2.27. The Morgan fingerprint density at radius 2 is 0.243 bits per heavy atom. The van der Waals surface area contributed by atoms with E-state index in [9.17, 15) is 0 Å². The zero-order chi connectivity index (χ0) is 94.4. The van der Waals surface area contributed by atoms with E-state index in [0.29, 0.717) is 0 Å². The van der Waals surface area contributed by atoms with Gasteiger partial charge in [-0.05, 0) is 337 Å². The van der Waals surface area contributed by atoms with Crippen LogP contribution in [-0.2, 0) is 0 Å². The lowest BCUT2D eigenvalue weighted by molar-refractivity contribution is 1.28. The van der Waals surface area contributed by atoms with Crippen molar-refractivity contribution >= 4 is 119 Å². The van der Waals surface area contributed by atoms with Crippen molar-refractivity contribution in [2.24, 2.45) is 0 Å². The van der Waals surface area contributed by atoms with E-state index in [2.05, 4.69) is 630 Å². The highest BCUT2D eigenvalue weighted by molar-refractivity contribution is 14.1. The first-order chi connectivity index (χ1) is 69.2. The van der Waals surface area contributed by atoms with Crippen LogP contribution in [0, 0.1) is 10.5 Å². The molecule has 22 aromatic carbocycles. The van der Waals surface area contributed by atoms with Crippen molar-refractivity contribution in [3.8, 4) is 89.0 Å². The van der Waals surface area contributed by atoms with Gasteiger partial charge in [-0.3, -0.25) is 0 Å². The number of hydrogen-bond donors (Lipinski definition) is 1. The molecule has 7 heteroatoms. The van der Waals surface area contributed by atoms with Crippen molar-refractivity contribution in [2.45, 2.75) is 6.92 Å². The summed E-state index contributed by atoms with van der Waals surface area (Å²) in [5.74, 6) is 0. The summed E-state index contributed by atoms with van der Waals surface area (Å²) in [6.45, 7) is 2.11. The zero-order valence-electron chi connectivity index (χ0n) is 77.6. The molecule has 0 radical (unpaired) electrons. The Balaban J connectivity index is 0.000000188. The molecule has 0 aliphatic rings. The van der Waals surface area contributed by atoms with Gasteiger partial charge in [0.05, 0.1) is 0 Å². The van der Waals surface area contributed by atoms with Gasteiger partial charge in [0.15, 0.2) is 0 Å². The van der Waals surface area contributed by atoms with Gasteiger partial charge in [0, 0.05) is 100 Å². The molecule has 0 aliphatic carbocycles. The summed E-state index contributed by atoms with van der Waals surface area (Å²) in [5, 5.41) is 3.45. The summed E-state index contributed by atoms with van der Waals surface area (Å²) in [4.78, 5) is 11.6. The molecular weight excluding hydrogens is 1810 g/mol. The standard InChI is InChI=1S/C84H62N4.C36H28N2.C13H11I/c1-7-19-63(20-8-1)65-31-47-77(48-32-65)85(73-23-11-3-12-24-73)79-51-35-67(36-52-79)69-39-55-81(56-40-69)87(75-27-15-5-16-28-75)83-59-43-71(44-60-83)72-45-61-84(62-46-72)88(76-29-17-6-18-30-76)82-57-41-70(42-58-82)68-37-53-80(54-38-68)86(74-25-13-4-14-26-74)78-49-33-66(34-50-78)64-21-9-2-10-22-64;1-4-10-28(11-5-1)30-18-24-35(25-19-30)38(34-14-8-3-9-15-34)36-26-20-31(21-27-36)29-16-22-33(23-17-29)37-32-12-6-2-7-13-32;1-10-2-4-11(5-3-10)12-6-8-13(14)9-7-12/h1-62H;1-27,37H;2-9H,1H3. The first kappa shape index (κ1) is 90.2. The highest BCUT2D eigenvalue weighted by atomic mass is 127. The quantitative estimate of drug-likeness (QED) is 0.0574. The maximum Gasteiger partial charge on any atom is 0.0462 e. The van der Waals surface area contributed by atoms with Crippen LogP contribution in [0.1, 0.15) is 5.56 Å². The van der Waals surface area contributed by atoms with Gasteiger partial charge >= 0.3 is 0 Å². The largest absolute Gasteiger partial charge is 0.356 e. The van der Waals surface area contributed by atoms with Crippen LogP contribution in [0.5, 0.6) is 0 Å². The number of benzene rings is 22. The monoisotopic (exact) mass is 1910 g/mol. The molecule has 22 aromatic rings. The number of aryl methyl sites for hydroxylation is 1. The Bertz CT molecular complexity index is 7300. The average molecular weight is 1910 g/mol. The molecule has 0 spiro atoms. The fourth-order valence-corrected chi connectivity index (χ4v) is 18.2. The number of rotatable bonds is 25. The third kappa shape index (κ3) is 21.8. The topological polar surface area (TPSA) is 28.2 Å². The third-order valence-corrected chi connectivity index (χ3v) is 25.9. The highest BCUT2D eigenvalue weighted by Crippen LogP contribution is 2.45. The van der Waals surface area contributed by atoms with E-state index in [1.807, 2.05) is 18.2 Å². The summed E-state index contributed by atoms with van der Waals surface area (Å²) in [5.41, 5.74) is 39.0. The molecule has 140 heavy (non-hydrogen) atoms. The summed E-state index contributed by atoms with van der Waals surface area (Å²) in [6.07, 6.45) is 0. The Morgan fingerprint density at radius 3 is 0.421 bits per heavy atom. The van der Waals surface area contributed by atoms with Gasteiger partial charge in [-0.2, -0.15) is 0 Å². The van der Waals surface area contributed by atoms with E-state index in [-0.39, 0.29) is 0 Å². The minimum Gasteiger partial charge on any atom is -0.356 e. The number of nitrogens with one attached hydrogen (secondary N) is 1. The Hall–Kier alpha value is -17.6. The van der Waals surface area contributed by atoms with Crippen LogP contribution in [0.15, 0.2) is 588 Å². The average Bonchev–Trinajstić information content (AvgIpc) is 0.804. The number of anilines is 17. The van der Waals surface area contributed by atoms with E-state index >= 15 is 0 Å². The molecule has 1 N–H and O–H groups in total. The second-order valence-corrected chi connectivity index (χ2v) is 35.6. The van der Waals surface area contributed by atoms with Crippen LogP contribution in [-0.4, -0.2) is 0 Å². The summed E-state index contributed by atoms with van der Waals surface area (Å²) in [6, 6.07) is 209. The van der Waals surface area contributed by atoms with Crippen LogP contribution < -0.4 is 29.8 Å². The molecule has 0 amide bonds. The van der Waals surface area contributed by atoms with Gasteiger partial charge in [-0.1, -0.05) is 376 Å². The van der Waals surface area contributed by atoms with E-state index in [0.717, 1.165) is 130 Å². The van der Waals surface area contributed by atoms with E-state index in [1.165, 1.54) is 64.8 Å². The maximum atomic E-state index is 3.45. The van der Waals surface area contributed by atoms with Crippen molar-refractivity contribution in [2.75, 3.05) is 29.8 Å². The molecule has 0 aromatic heterocycles. The van der Waals surface area contributed by atoms with Crippen LogP contribution in [0.2, 0.25) is 0 Å². The number of halogens is 1. The normalized spacial score (nSPS) is 10.8. The fraction of sp³-hybridized carbons (Fsp3) is 0.00752. The van der Waals surface area contributed by atoms with Gasteiger partial charge in [0.1, 0.15) is 0 Å². The number of para-hydroxylation sites is 6. The maximum absolute atomic E-state index is 3.45. The molecule has 0 saturated carbocycles. The van der Waals surface area contributed by atoms with Crippen LogP contribution in [0.4, 0.5) is 96.7 Å². The Kier molecular flexibility index (Phi) is 28.2.